The second kappa shape index (κ2) is 9.30. The van der Waals surface area contributed by atoms with E-state index in [1.165, 1.54) is 17.7 Å². The molecule has 1 atom stereocenters. The number of nitrogens with zero attached hydrogens (tertiary/aromatic N) is 1. The molecule has 3 aromatic rings. The lowest BCUT2D eigenvalue weighted by atomic mass is 10.1. The number of carbonyl (C=O) groups is 1. The zero-order valence-electron chi connectivity index (χ0n) is 16.3. The van der Waals surface area contributed by atoms with Crippen LogP contribution >= 0.6 is 22.7 Å². The molecule has 2 aromatic heterocycles. The van der Waals surface area contributed by atoms with Gasteiger partial charge in [-0.25, -0.2) is 8.42 Å². The van der Waals surface area contributed by atoms with E-state index in [1.54, 1.807) is 53.1 Å². The van der Waals surface area contributed by atoms with Crippen LogP contribution in [0.15, 0.2) is 63.5 Å². The molecule has 2 N–H and O–H groups in total. The molecule has 9 heteroatoms. The first-order chi connectivity index (χ1) is 14.5. The number of rotatable bonds is 8. The van der Waals surface area contributed by atoms with E-state index in [0.717, 1.165) is 24.4 Å². The molecule has 3 heterocycles. The lowest BCUT2D eigenvalue weighted by Crippen LogP contribution is -2.36. The van der Waals surface area contributed by atoms with E-state index in [4.69, 9.17) is 0 Å². The highest BCUT2D eigenvalue weighted by molar-refractivity contribution is 7.94. The van der Waals surface area contributed by atoms with Crippen molar-refractivity contribution in [1.29, 1.82) is 0 Å². The zero-order valence-corrected chi connectivity index (χ0v) is 18.7. The monoisotopic (exact) mass is 461 g/mol. The average Bonchev–Trinajstić information content (AvgIpc) is 3.51. The number of hydrogen-bond acceptors (Lipinski definition) is 6. The second-order valence-corrected chi connectivity index (χ2v) is 10.9. The van der Waals surface area contributed by atoms with Crippen molar-refractivity contribution in [3.05, 3.63) is 69.7 Å². The number of sulfonamides is 1. The molecule has 1 aromatic carbocycles. The highest BCUT2D eigenvalue weighted by Gasteiger charge is 2.25. The number of amides is 1. The van der Waals surface area contributed by atoms with Crippen LogP contribution in [0.1, 0.15) is 34.1 Å². The Morgan fingerprint density at radius 2 is 1.70 bits per heavy atom. The first-order valence-corrected chi connectivity index (χ1v) is 13.0. The van der Waals surface area contributed by atoms with E-state index >= 15 is 0 Å². The molecule has 0 spiro atoms. The molecule has 30 heavy (non-hydrogen) atoms. The third kappa shape index (κ3) is 4.92. The van der Waals surface area contributed by atoms with Crippen LogP contribution in [-0.2, 0) is 10.0 Å². The van der Waals surface area contributed by atoms with Gasteiger partial charge in [0.1, 0.15) is 4.21 Å². The minimum Gasteiger partial charge on any atom is -0.350 e. The fourth-order valence-electron chi connectivity index (χ4n) is 3.55. The largest absolute Gasteiger partial charge is 0.350 e. The van der Waals surface area contributed by atoms with Crippen LogP contribution in [0.2, 0.25) is 0 Å². The minimum absolute atomic E-state index is 0.164. The van der Waals surface area contributed by atoms with Gasteiger partial charge in [0, 0.05) is 22.7 Å². The van der Waals surface area contributed by atoms with E-state index in [0.29, 0.717) is 17.8 Å². The molecule has 1 aliphatic rings. The third-order valence-electron chi connectivity index (χ3n) is 5.07. The van der Waals surface area contributed by atoms with Gasteiger partial charge in [-0.15, -0.1) is 22.7 Å². The SMILES string of the molecule is O=C(NCC(c1cccs1)N1CCCC1)c1ccc(NS(=O)(=O)c2cccs2)cc1. The molecule has 0 bridgehead atoms. The number of likely N-dealkylation sites (tertiary alicyclic amines) is 1. The maximum atomic E-state index is 12.7. The topological polar surface area (TPSA) is 78.5 Å². The Hall–Kier alpha value is -2.20. The van der Waals surface area contributed by atoms with E-state index in [1.807, 2.05) is 6.07 Å². The summed E-state index contributed by atoms with van der Waals surface area (Å²) < 4.78 is 27.4. The first-order valence-electron chi connectivity index (χ1n) is 9.75. The molecule has 0 aliphatic carbocycles. The average molecular weight is 462 g/mol. The molecule has 0 saturated carbocycles. The lowest BCUT2D eigenvalue weighted by Gasteiger charge is -2.27. The standard InChI is InChI=1S/C21H23N3O3S3/c25-21(22-15-18(19-5-3-13-28-19)24-11-1-2-12-24)16-7-9-17(10-8-16)23-30(26,27)20-6-4-14-29-20/h3-10,13-14,18,23H,1-2,11-12,15H2,(H,22,25). The molecule has 1 saturated heterocycles. The van der Waals surface area contributed by atoms with Gasteiger partial charge in [0.05, 0.1) is 6.04 Å². The van der Waals surface area contributed by atoms with Crippen LogP contribution in [0.5, 0.6) is 0 Å². The summed E-state index contributed by atoms with van der Waals surface area (Å²) in [5.74, 6) is -0.164. The summed E-state index contributed by atoms with van der Waals surface area (Å²) >= 11 is 2.87. The van der Waals surface area contributed by atoms with Gasteiger partial charge in [0.2, 0.25) is 0 Å². The van der Waals surface area contributed by atoms with Gasteiger partial charge in [-0.1, -0.05) is 12.1 Å². The van der Waals surface area contributed by atoms with Gasteiger partial charge < -0.3 is 5.32 Å². The van der Waals surface area contributed by atoms with Gasteiger partial charge in [-0.2, -0.15) is 0 Å². The smallest absolute Gasteiger partial charge is 0.271 e. The fraction of sp³-hybridized carbons (Fsp3) is 0.286. The minimum atomic E-state index is -3.60. The molecule has 158 valence electrons. The Kier molecular flexibility index (Phi) is 6.52. The molecule has 1 unspecified atom stereocenters. The van der Waals surface area contributed by atoms with Crippen molar-refractivity contribution < 1.29 is 13.2 Å². The van der Waals surface area contributed by atoms with Crippen molar-refractivity contribution in [3.8, 4) is 0 Å². The van der Waals surface area contributed by atoms with Crippen molar-refractivity contribution in [2.24, 2.45) is 0 Å². The number of thiophene rings is 2. The van der Waals surface area contributed by atoms with Gasteiger partial charge >= 0.3 is 0 Å². The quantitative estimate of drug-likeness (QED) is 0.528. The molecular formula is C21H23N3O3S3. The maximum absolute atomic E-state index is 12.7. The summed E-state index contributed by atoms with van der Waals surface area (Å²) in [4.78, 5) is 16.3. The van der Waals surface area contributed by atoms with Gasteiger partial charge in [-0.05, 0) is 73.1 Å². The van der Waals surface area contributed by atoms with Gasteiger partial charge in [0.15, 0.2) is 0 Å². The van der Waals surface area contributed by atoms with Crippen molar-refractivity contribution in [2.45, 2.75) is 23.1 Å². The summed E-state index contributed by atoms with van der Waals surface area (Å²) in [6.07, 6.45) is 2.39. The summed E-state index contributed by atoms with van der Waals surface area (Å²) in [6, 6.07) is 14.1. The van der Waals surface area contributed by atoms with Gasteiger partial charge in [0.25, 0.3) is 15.9 Å². The normalized spacial score (nSPS) is 15.7. The first kappa shape index (κ1) is 21.0. The second-order valence-electron chi connectivity index (χ2n) is 7.10. The molecule has 6 nitrogen and oxygen atoms in total. The zero-order chi connectivity index (χ0) is 21.0. The summed E-state index contributed by atoms with van der Waals surface area (Å²) in [6.45, 7) is 2.65. The van der Waals surface area contributed by atoms with Crippen LogP contribution in [-0.4, -0.2) is 38.9 Å². The van der Waals surface area contributed by atoms with Crippen molar-refractivity contribution >= 4 is 44.3 Å². The number of anilines is 1. The Balaban J connectivity index is 1.38. The summed E-state index contributed by atoms with van der Waals surface area (Å²) in [7, 11) is -3.60. The number of nitrogens with one attached hydrogen (secondary N) is 2. The predicted octanol–water partition coefficient (Wildman–Crippen LogP) is 4.18. The highest BCUT2D eigenvalue weighted by atomic mass is 32.2. The van der Waals surface area contributed by atoms with Crippen LogP contribution in [0.3, 0.4) is 0 Å². The highest BCUT2D eigenvalue weighted by Crippen LogP contribution is 2.28. The lowest BCUT2D eigenvalue weighted by molar-refractivity contribution is 0.0938. The molecule has 0 radical (unpaired) electrons. The van der Waals surface area contributed by atoms with Crippen LogP contribution in [0, 0.1) is 0 Å². The van der Waals surface area contributed by atoms with E-state index < -0.39 is 10.0 Å². The van der Waals surface area contributed by atoms with E-state index in [2.05, 4.69) is 26.4 Å². The predicted molar refractivity (Wildman–Crippen MR) is 122 cm³/mol. The van der Waals surface area contributed by atoms with Crippen molar-refractivity contribution in [2.75, 3.05) is 24.4 Å². The molecular weight excluding hydrogens is 438 g/mol. The van der Waals surface area contributed by atoms with Crippen LogP contribution < -0.4 is 10.0 Å². The Bertz CT molecular complexity index is 1060. The number of benzene rings is 1. The summed E-state index contributed by atoms with van der Waals surface area (Å²) in [5.41, 5.74) is 0.925. The Morgan fingerprint density at radius 3 is 2.33 bits per heavy atom. The number of hydrogen-bond donors (Lipinski definition) is 2. The van der Waals surface area contributed by atoms with Crippen molar-refractivity contribution in [1.82, 2.24) is 10.2 Å². The third-order valence-corrected chi connectivity index (χ3v) is 8.82. The molecule has 1 amide bonds. The molecule has 1 aliphatic heterocycles. The maximum Gasteiger partial charge on any atom is 0.271 e. The van der Waals surface area contributed by atoms with Gasteiger partial charge in [-0.3, -0.25) is 14.4 Å². The van der Waals surface area contributed by atoms with E-state index in [9.17, 15) is 13.2 Å². The van der Waals surface area contributed by atoms with E-state index in [-0.39, 0.29) is 16.2 Å². The molecule has 4 rings (SSSR count). The summed E-state index contributed by atoms with van der Waals surface area (Å²) in [5, 5.41) is 6.82. The van der Waals surface area contributed by atoms with Crippen molar-refractivity contribution in [3.63, 3.8) is 0 Å². The Morgan fingerprint density at radius 1 is 1.00 bits per heavy atom. The Labute approximate surface area is 184 Å². The van der Waals surface area contributed by atoms with Crippen LogP contribution in [0.4, 0.5) is 5.69 Å². The number of carbonyl (C=O) groups excluding carboxylic acids is 1. The molecule has 1 fully saturated rings. The van der Waals surface area contributed by atoms with Crippen LogP contribution in [0.25, 0.3) is 0 Å². The fourth-order valence-corrected chi connectivity index (χ4v) is 6.46.